The van der Waals surface area contributed by atoms with Crippen molar-refractivity contribution in [2.45, 2.75) is 56.7 Å². The fraction of sp³-hybridized carbons (Fsp3) is 0.688. The molecule has 0 radical (unpaired) electrons. The third kappa shape index (κ3) is 3.30. The van der Waals surface area contributed by atoms with Gasteiger partial charge in [-0.3, -0.25) is 0 Å². The highest BCUT2D eigenvalue weighted by molar-refractivity contribution is 5.46. The van der Waals surface area contributed by atoms with E-state index in [1.807, 2.05) is 19.3 Å². The predicted octanol–water partition coefficient (Wildman–Crippen LogP) is 2.07. The Morgan fingerprint density at radius 2 is 2.15 bits per heavy atom. The average Bonchev–Trinajstić information content (AvgIpc) is 3.18. The SMILES string of the molecule is CN(CC1(O)CCCC1)c1ncccc1CNC1CC1. The first-order chi connectivity index (χ1) is 9.66. The fourth-order valence-electron chi connectivity index (χ4n) is 3.16. The van der Waals surface area contributed by atoms with Crippen molar-refractivity contribution in [3.05, 3.63) is 23.9 Å². The van der Waals surface area contributed by atoms with Crippen molar-refractivity contribution in [1.29, 1.82) is 0 Å². The van der Waals surface area contributed by atoms with Gasteiger partial charge >= 0.3 is 0 Å². The van der Waals surface area contributed by atoms with E-state index in [2.05, 4.69) is 21.3 Å². The van der Waals surface area contributed by atoms with E-state index in [1.54, 1.807) is 0 Å². The Balaban J connectivity index is 1.67. The summed E-state index contributed by atoms with van der Waals surface area (Å²) in [5.41, 5.74) is 0.705. The number of nitrogens with zero attached hydrogens (tertiary/aromatic N) is 2. The summed E-state index contributed by atoms with van der Waals surface area (Å²) in [4.78, 5) is 6.65. The van der Waals surface area contributed by atoms with E-state index in [0.717, 1.165) is 38.0 Å². The number of nitrogens with one attached hydrogen (secondary N) is 1. The quantitative estimate of drug-likeness (QED) is 0.834. The van der Waals surface area contributed by atoms with Crippen LogP contribution in [0.2, 0.25) is 0 Å². The van der Waals surface area contributed by atoms with Gasteiger partial charge in [-0.25, -0.2) is 4.98 Å². The molecule has 1 aromatic heterocycles. The van der Waals surface area contributed by atoms with Crippen LogP contribution in [0.25, 0.3) is 0 Å². The summed E-state index contributed by atoms with van der Waals surface area (Å²) < 4.78 is 0. The van der Waals surface area contributed by atoms with Gasteiger partial charge in [0.25, 0.3) is 0 Å². The van der Waals surface area contributed by atoms with Crippen molar-refractivity contribution >= 4 is 5.82 Å². The number of aliphatic hydroxyl groups is 1. The van der Waals surface area contributed by atoms with Crippen LogP contribution in [0.15, 0.2) is 18.3 Å². The summed E-state index contributed by atoms with van der Waals surface area (Å²) in [5, 5.41) is 14.1. The Bertz CT molecular complexity index is 453. The van der Waals surface area contributed by atoms with Crippen molar-refractivity contribution in [2.24, 2.45) is 0 Å². The first-order valence-electron chi connectivity index (χ1n) is 7.77. The maximum Gasteiger partial charge on any atom is 0.132 e. The van der Waals surface area contributed by atoms with Crippen LogP contribution in [-0.2, 0) is 6.54 Å². The van der Waals surface area contributed by atoms with E-state index >= 15 is 0 Å². The number of rotatable bonds is 6. The molecule has 2 saturated carbocycles. The molecule has 0 spiro atoms. The largest absolute Gasteiger partial charge is 0.388 e. The molecule has 0 aromatic carbocycles. The van der Waals surface area contributed by atoms with Crippen LogP contribution < -0.4 is 10.2 Å². The second-order valence-electron chi connectivity index (χ2n) is 6.43. The molecule has 2 aliphatic rings. The number of aromatic nitrogens is 1. The van der Waals surface area contributed by atoms with E-state index in [-0.39, 0.29) is 0 Å². The molecule has 20 heavy (non-hydrogen) atoms. The molecule has 2 aliphatic carbocycles. The topological polar surface area (TPSA) is 48.4 Å². The van der Waals surface area contributed by atoms with E-state index in [9.17, 15) is 5.11 Å². The molecule has 4 nitrogen and oxygen atoms in total. The van der Waals surface area contributed by atoms with Gasteiger partial charge in [-0.2, -0.15) is 0 Å². The smallest absolute Gasteiger partial charge is 0.132 e. The zero-order valence-electron chi connectivity index (χ0n) is 12.3. The highest BCUT2D eigenvalue weighted by atomic mass is 16.3. The second-order valence-corrected chi connectivity index (χ2v) is 6.43. The number of hydrogen-bond donors (Lipinski definition) is 2. The molecule has 0 atom stereocenters. The highest BCUT2D eigenvalue weighted by Crippen LogP contribution is 2.31. The van der Waals surface area contributed by atoms with Crippen molar-refractivity contribution in [3.8, 4) is 0 Å². The zero-order valence-corrected chi connectivity index (χ0v) is 12.3. The standard InChI is InChI=1S/C16H25N3O/c1-19(12-16(20)8-2-3-9-16)15-13(5-4-10-17-15)11-18-14-6-7-14/h4-5,10,14,18,20H,2-3,6-9,11-12H2,1H3. The molecular formula is C16H25N3O. The van der Waals surface area contributed by atoms with Gasteiger partial charge in [-0.1, -0.05) is 18.9 Å². The lowest BCUT2D eigenvalue weighted by Crippen LogP contribution is -2.40. The average molecular weight is 275 g/mol. The van der Waals surface area contributed by atoms with Crippen molar-refractivity contribution in [2.75, 3.05) is 18.5 Å². The van der Waals surface area contributed by atoms with Crippen molar-refractivity contribution in [3.63, 3.8) is 0 Å². The van der Waals surface area contributed by atoms with Crippen LogP contribution in [0.3, 0.4) is 0 Å². The molecule has 0 amide bonds. The van der Waals surface area contributed by atoms with E-state index < -0.39 is 5.60 Å². The molecular weight excluding hydrogens is 250 g/mol. The minimum Gasteiger partial charge on any atom is -0.388 e. The summed E-state index contributed by atoms with van der Waals surface area (Å²) in [5.74, 6) is 1.00. The number of likely N-dealkylation sites (N-methyl/N-ethyl adjacent to an activating group) is 1. The Morgan fingerprint density at radius 1 is 1.40 bits per heavy atom. The van der Waals surface area contributed by atoms with Gasteiger partial charge in [-0.05, 0) is 31.7 Å². The van der Waals surface area contributed by atoms with E-state index in [1.165, 1.54) is 18.4 Å². The molecule has 0 saturated heterocycles. The van der Waals surface area contributed by atoms with Gasteiger partial charge in [0.05, 0.1) is 5.60 Å². The Morgan fingerprint density at radius 3 is 2.85 bits per heavy atom. The minimum atomic E-state index is -0.520. The zero-order chi connectivity index (χ0) is 14.0. The van der Waals surface area contributed by atoms with Gasteiger partial charge in [-0.15, -0.1) is 0 Å². The first-order valence-corrected chi connectivity index (χ1v) is 7.77. The van der Waals surface area contributed by atoms with Crippen molar-refractivity contribution < 1.29 is 5.11 Å². The number of anilines is 1. The maximum atomic E-state index is 10.6. The van der Waals surface area contributed by atoms with Crippen LogP contribution >= 0.6 is 0 Å². The normalized spacial score (nSPS) is 21.1. The summed E-state index contributed by atoms with van der Waals surface area (Å²) in [6.45, 7) is 1.55. The molecule has 0 aliphatic heterocycles. The van der Waals surface area contributed by atoms with Gasteiger partial charge < -0.3 is 15.3 Å². The van der Waals surface area contributed by atoms with Crippen LogP contribution in [0.4, 0.5) is 5.82 Å². The van der Waals surface area contributed by atoms with Crippen molar-refractivity contribution in [1.82, 2.24) is 10.3 Å². The van der Waals surface area contributed by atoms with Gasteiger partial charge in [0.15, 0.2) is 0 Å². The third-order valence-electron chi connectivity index (χ3n) is 4.45. The number of hydrogen-bond acceptors (Lipinski definition) is 4. The second kappa shape index (κ2) is 5.70. The summed E-state index contributed by atoms with van der Waals surface area (Å²) in [6, 6.07) is 4.82. The predicted molar refractivity (Wildman–Crippen MR) is 80.8 cm³/mol. The highest BCUT2D eigenvalue weighted by Gasteiger charge is 2.33. The molecule has 2 fully saturated rings. The summed E-state index contributed by atoms with van der Waals surface area (Å²) in [7, 11) is 2.04. The Kier molecular flexibility index (Phi) is 3.94. The molecule has 110 valence electrons. The van der Waals surface area contributed by atoms with Crippen LogP contribution in [0.1, 0.15) is 44.1 Å². The Labute approximate surface area is 121 Å². The first kappa shape index (κ1) is 13.8. The third-order valence-corrected chi connectivity index (χ3v) is 4.45. The molecule has 0 unspecified atom stereocenters. The molecule has 0 bridgehead atoms. The van der Waals surface area contributed by atoms with E-state index in [0.29, 0.717) is 12.6 Å². The molecule has 2 N–H and O–H groups in total. The Hall–Kier alpha value is -1.13. The molecule has 1 aromatic rings. The van der Waals surface area contributed by atoms with Crippen LogP contribution in [-0.4, -0.2) is 35.3 Å². The van der Waals surface area contributed by atoms with Gasteiger partial charge in [0.1, 0.15) is 5.82 Å². The van der Waals surface area contributed by atoms with E-state index in [4.69, 9.17) is 0 Å². The maximum absolute atomic E-state index is 10.6. The van der Waals surface area contributed by atoms with Gasteiger partial charge in [0, 0.05) is 37.9 Å². The monoisotopic (exact) mass is 275 g/mol. The van der Waals surface area contributed by atoms with Crippen LogP contribution in [0, 0.1) is 0 Å². The lowest BCUT2D eigenvalue weighted by Gasteiger charge is -2.30. The molecule has 3 rings (SSSR count). The van der Waals surface area contributed by atoms with Crippen LogP contribution in [0.5, 0.6) is 0 Å². The molecule has 4 heteroatoms. The number of pyridine rings is 1. The fourth-order valence-corrected chi connectivity index (χ4v) is 3.16. The summed E-state index contributed by atoms with van der Waals surface area (Å²) in [6.07, 6.45) is 8.55. The minimum absolute atomic E-state index is 0.520. The lowest BCUT2D eigenvalue weighted by molar-refractivity contribution is 0.0557. The molecule has 1 heterocycles. The summed E-state index contributed by atoms with van der Waals surface area (Å²) >= 11 is 0. The van der Waals surface area contributed by atoms with Gasteiger partial charge in [0.2, 0.25) is 0 Å². The lowest BCUT2D eigenvalue weighted by atomic mass is 10.0.